The van der Waals surface area contributed by atoms with Crippen LogP contribution in [0.4, 0.5) is 13.2 Å². The summed E-state index contributed by atoms with van der Waals surface area (Å²) in [6, 6.07) is 1.08. The number of hydrogen-bond donors (Lipinski definition) is 0. The Morgan fingerprint density at radius 2 is 2.06 bits per heavy atom. The van der Waals surface area contributed by atoms with Crippen LogP contribution < -0.4 is 0 Å². The molecule has 0 atom stereocenters. The molecule has 2 rings (SSSR count). The number of fused-ring (bicyclic) bond motifs is 1. The molecule has 0 N–H and O–H groups in total. The first-order valence-electron chi connectivity index (χ1n) is 4.29. The lowest BCUT2D eigenvalue weighted by Crippen LogP contribution is -2.07. The minimum Gasteiger partial charge on any atom is -0.305 e. The van der Waals surface area contributed by atoms with E-state index in [4.69, 9.17) is 0 Å². The first-order valence-corrected chi connectivity index (χ1v) is 5.37. The van der Waals surface area contributed by atoms with E-state index >= 15 is 0 Å². The molecule has 0 unspecified atom stereocenters. The Labute approximate surface area is 103 Å². The summed E-state index contributed by atoms with van der Waals surface area (Å²) in [6.45, 7) is 3.53. The molecule has 84 valence electrons. The maximum atomic E-state index is 12.5. The monoisotopic (exact) mass is 338 g/mol. The van der Waals surface area contributed by atoms with Crippen LogP contribution in [0.1, 0.15) is 11.3 Å². The topological polar surface area (TPSA) is 17.3 Å². The Kier molecular flexibility index (Phi) is 2.69. The lowest BCUT2D eigenvalue weighted by atomic mass is 10.3. The summed E-state index contributed by atoms with van der Waals surface area (Å²) < 4.78 is 39.4. The van der Waals surface area contributed by atoms with Crippen molar-refractivity contribution in [2.75, 3.05) is 0 Å². The van der Waals surface area contributed by atoms with Gasteiger partial charge in [-0.2, -0.15) is 13.2 Å². The second-order valence-electron chi connectivity index (χ2n) is 3.18. The Hall–Kier alpha value is -1.05. The summed E-state index contributed by atoms with van der Waals surface area (Å²) in [5.41, 5.74) is 0.373. The van der Waals surface area contributed by atoms with Gasteiger partial charge in [-0.3, -0.25) is 0 Å². The fourth-order valence-electron chi connectivity index (χ4n) is 1.33. The van der Waals surface area contributed by atoms with Gasteiger partial charge >= 0.3 is 6.18 Å². The summed E-state index contributed by atoms with van der Waals surface area (Å²) in [5.74, 6) is 0. The van der Waals surface area contributed by atoms with Gasteiger partial charge in [-0.05, 0) is 34.7 Å². The zero-order valence-corrected chi connectivity index (χ0v) is 10.1. The van der Waals surface area contributed by atoms with Crippen LogP contribution in [0.15, 0.2) is 25.0 Å². The van der Waals surface area contributed by atoms with Crippen molar-refractivity contribution in [1.82, 2.24) is 9.38 Å². The third-order valence-corrected chi connectivity index (χ3v) is 2.86. The zero-order chi connectivity index (χ0) is 11.9. The van der Waals surface area contributed by atoms with E-state index in [1.54, 1.807) is 0 Å². The van der Waals surface area contributed by atoms with Crippen molar-refractivity contribution in [3.8, 4) is 0 Å². The maximum absolute atomic E-state index is 12.5. The van der Waals surface area contributed by atoms with Crippen molar-refractivity contribution in [2.45, 2.75) is 6.18 Å². The van der Waals surface area contributed by atoms with Crippen LogP contribution in [-0.4, -0.2) is 9.38 Å². The molecule has 6 heteroatoms. The highest BCUT2D eigenvalue weighted by Crippen LogP contribution is 2.31. The van der Waals surface area contributed by atoms with Crippen LogP contribution >= 0.6 is 22.6 Å². The van der Waals surface area contributed by atoms with Gasteiger partial charge in [0.2, 0.25) is 0 Å². The van der Waals surface area contributed by atoms with Crippen LogP contribution in [0.2, 0.25) is 0 Å². The molecule has 0 aliphatic rings. The molecule has 0 spiro atoms. The Balaban J connectivity index is 2.71. The van der Waals surface area contributed by atoms with E-state index in [1.165, 1.54) is 16.7 Å². The van der Waals surface area contributed by atoms with Gasteiger partial charge in [-0.15, -0.1) is 0 Å². The van der Waals surface area contributed by atoms with Gasteiger partial charge in [0.05, 0.1) is 14.8 Å². The average molecular weight is 338 g/mol. The van der Waals surface area contributed by atoms with Gasteiger partial charge < -0.3 is 4.40 Å². The van der Waals surface area contributed by atoms with Crippen molar-refractivity contribution in [1.29, 1.82) is 0 Å². The van der Waals surface area contributed by atoms with E-state index in [9.17, 15) is 13.2 Å². The van der Waals surface area contributed by atoms with Crippen molar-refractivity contribution in [3.63, 3.8) is 0 Å². The number of rotatable bonds is 1. The predicted molar refractivity (Wildman–Crippen MR) is 63.0 cm³/mol. The van der Waals surface area contributed by atoms with Crippen molar-refractivity contribution >= 4 is 34.3 Å². The van der Waals surface area contributed by atoms with E-state index in [-0.39, 0.29) is 0 Å². The molecule has 0 saturated heterocycles. The Morgan fingerprint density at radius 1 is 1.38 bits per heavy atom. The van der Waals surface area contributed by atoms with Crippen LogP contribution in [0.5, 0.6) is 0 Å². The molecular formula is C10H6F3IN2. The molecule has 2 heterocycles. The first kappa shape index (κ1) is 11.4. The van der Waals surface area contributed by atoms with Crippen molar-refractivity contribution in [2.24, 2.45) is 0 Å². The second kappa shape index (κ2) is 3.76. The maximum Gasteiger partial charge on any atom is 0.417 e. The number of halogens is 4. The molecule has 0 aromatic carbocycles. The quantitative estimate of drug-likeness (QED) is 0.727. The highest BCUT2D eigenvalue weighted by Gasteiger charge is 2.31. The average Bonchev–Trinajstić information content (AvgIpc) is 2.59. The fourth-order valence-corrected chi connectivity index (χ4v) is 2.06. The van der Waals surface area contributed by atoms with Gasteiger partial charge in [-0.25, -0.2) is 4.98 Å². The van der Waals surface area contributed by atoms with E-state index in [0.29, 0.717) is 14.9 Å². The van der Waals surface area contributed by atoms with E-state index in [0.717, 1.165) is 12.3 Å². The molecule has 0 radical (unpaired) electrons. The number of imidazole rings is 1. The summed E-state index contributed by atoms with van der Waals surface area (Å²) >= 11 is 1.84. The summed E-state index contributed by atoms with van der Waals surface area (Å²) in [5, 5.41) is 0. The van der Waals surface area contributed by atoms with Crippen molar-refractivity contribution < 1.29 is 13.2 Å². The number of pyridine rings is 1. The third-order valence-electron chi connectivity index (χ3n) is 2.06. The molecule has 2 aromatic heterocycles. The standard InChI is InChI=1S/C10H6F3IN2/c1-2-7-5-16-4-6(10(11,12)13)3-8(14)9(16)15-7/h2-5H,1H2. The SMILES string of the molecule is C=Cc1cn2cc(C(F)(F)F)cc(I)c2n1. The molecule has 0 aliphatic heterocycles. The fraction of sp³-hybridized carbons (Fsp3) is 0.100. The molecule has 2 nitrogen and oxygen atoms in total. The normalized spacial score (nSPS) is 12.0. The summed E-state index contributed by atoms with van der Waals surface area (Å²) in [7, 11) is 0. The summed E-state index contributed by atoms with van der Waals surface area (Å²) in [4.78, 5) is 4.12. The largest absolute Gasteiger partial charge is 0.417 e. The van der Waals surface area contributed by atoms with Gasteiger partial charge in [0.1, 0.15) is 0 Å². The van der Waals surface area contributed by atoms with E-state index in [2.05, 4.69) is 11.6 Å². The molecule has 0 bridgehead atoms. The van der Waals surface area contributed by atoms with Gasteiger partial charge in [0.15, 0.2) is 5.65 Å². The second-order valence-corrected chi connectivity index (χ2v) is 4.34. The molecular weight excluding hydrogens is 332 g/mol. The van der Waals surface area contributed by atoms with Crippen LogP contribution in [0, 0.1) is 3.57 Å². The number of aromatic nitrogens is 2. The lowest BCUT2D eigenvalue weighted by Gasteiger charge is -2.07. The van der Waals surface area contributed by atoms with Gasteiger partial charge in [-0.1, -0.05) is 6.58 Å². The highest BCUT2D eigenvalue weighted by molar-refractivity contribution is 14.1. The molecule has 2 aromatic rings. The smallest absolute Gasteiger partial charge is 0.305 e. The molecule has 0 saturated carbocycles. The highest BCUT2D eigenvalue weighted by atomic mass is 127. The molecule has 0 fully saturated rings. The minimum absolute atomic E-state index is 0.459. The predicted octanol–water partition coefficient (Wildman–Crippen LogP) is 3.60. The van der Waals surface area contributed by atoms with Gasteiger partial charge in [0.25, 0.3) is 0 Å². The zero-order valence-electron chi connectivity index (χ0n) is 7.92. The lowest BCUT2D eigenvalue weighted by molar-refractivity contribution is -0.137. The number of nitrogens with zero attached hydrogens (tertiary/aromatic N) is 2. The third kappa shape index (κ3) is 1.93. The van der Waals surface area contributed by atoms with Crippen LogP contribution in [0.25, 0.3) is 11.7 Å². The number of hydrogen-bond acceptors (Lipinski definition) is 1. The molecule has 0 aliphatic carbocycles. The van der Waals surface area contributed by atoms with E-state index in [1.807, 2.05) is 22.6 Å². The molecule has 16 heavy (non-hydrogen) atoms. The molecule has 0 amide bonds. The Bertz CT molecular complexity index is 557. The first-order chi connectivity index (χ1) is 7.41. The van der Waals surface area contributed by atoms with Gasteiger partial charge in [0, 0.05) is 12.4 Å². The van der Waals surface area contributed by atoms with Crippen LogP contribution in [0.3, 0.4) is 0 Å². The summed E-state index contributed by atoms with van der Waals surface area (Å²) in [6.07, 6.45) is -0.305. The Morgan fingerprint density at radius 3 is 2.62 bits per heavy atom. The minimum atomic E-state index is -4.34. The van der Waals surface area contributed by atoms with Crippen molar-refractivity contribution in [3.05, 3.63) is 39.9 Å². The van der Waals surface area contributed by atoms with E-state index < -0.39 is 11.7 Å². The van der Waals surface area contributed by atoms with Crippen LogP contribution in [-0.2, 0) is 6.18 Å². The number of alkyl halides is 3.